The van der Waals surface area contributed by atoms with E-state index in [1.54, 1.807) is 43.5 Å². The molecule has 11 nitrogen and oxygen atoms in total. The average molecular weight is 751 g/mol. The lowest BCUT2D eigenvalue weighted by Crippen LogP contribution is -2.47. The Hall–Kier alpha value is -4.07. The molecule has 3 aliphatic heterocycles. The summed E-state index contributed by atoms with van der Waals surface area (Å²) < 4.78 is 23.0. The number of carbonyl (C=O) groups is 2. The molecule has 4 aromatic rings. The van der Waals surface area contributed by atoms with Gasteiger partial charge in [-0.1, -0.05) is 35.3 Å². The number of methoxy groups -OCH3 is 1. The van der Waals surface area contributed by atoms with Crippen LogP contribution in [0.3, 0.4) is 0 Å². The number of amides is 2. The number of aromatic nitrogens is 3. The molecule has 2 aromatic heterocycles. The number of benzene rings is 2. The number of nitrogens with zero attached hydrogens (tertiary/aromatic N) is 6. The lowest BCUT2D eigenvalue weighted by Gasteiger charge is -2.39. The molecule has 2 N–H and O–H groups in total. The van der Waals surface area contributed by atoms with Crippen molar-refractivity contribution in [2.24, 2.45) is 7.05 Å². The summed E-state index contributed by atoms with van der Waals surface area (Å²) in [5.74, 6) is -0.0648. The second kappa shape index (κ2) is 15.1. The van der Waals surface area contributed by atoms with E-state index < -0.39 is 11.9 Å². The fourth-order valence-electron chi connectivity index (χ4n) is 7.74. The number of β-amino-alcohol motifs (C(OH)–C–C–N with tert-alkyl or cyclic N) is 1. The second-order valence-corrected chi connectivity index (χ2v) is 14.6. The molecular formula is C38H42Cl2FN7O4. The van der Waals surface area contributed by atoms with E-state index in [-0.39, 0.29) is 21.9 Å². The predicted molar refractivity (Wildman–Crippen MR) is 198 cm³/mol. The van der Waals surface area contributed by atoms with Crippen LogP contribution in [-0.2, 0) is 31.4 Å². The van der Waals surface area contributed by atoms with Gasteiger partial charge < -0.3 is 24.6 Å². The molecule has 7 rings (SSSR count). The lowest BCUT2D eigenvalue weighted by atomic mass is 10.00. The Balaban J connectivity index is 1.10. The fourth-order valence-corrected chi connectivity index (χ4v) is 8.34. The van der Waals surface area contributed by atoms with E-state index in [1.165, 1.54) is 13.2 Å². The molecule has 0 saturated carbocycles. The van der Waals surface area contributed by atoms with Crippen molar-refractivity contribution in [3.8, 4) is 28.1 Å². The highest BCUT2D eigenvalue weighted by Crippen LogP contribution is 2.42. The number of piperidine rings is 1. The number of halogens is 3. The van der Waals surface area contributed by atoms with E-state index >= 15 is 4.39 Å². The zero-order valence-corrected chi connectivity index (χ0v) is 31.0. The fraction of sp³-hybridized carbons (Fsp3) is 0.421. The van der Waals surface area contributed by atoms with Gasteiger partial charge in [0.25, 0.3) is 5.91 Å². The standard InChI is InChI=1S/C38H42Cl2FN7O4/c1-22(49)47-14-8-24(9-15-47)48-16-11-32-31(21-48)43-37(45(32)2)38(51)44-30-6-4-5-26(34(30)39)27-7-12-42-36(35(27)40)23-17-29(41)28(33(18-23)52-3)20-46-13-10-25(50)19-46/h4-7,12,17-18,24-25,50H,8-11,13-16,19-21H2,1-3H3,(H,44,51)/t25-/m1/s1. The van der Waals surface area contributed by atoms with Crippen molar-refractivity contribution in [1.29, 1.82) is 0 Å². The van der Waals surface area contributed by atoms with E-state index in [1.807, 2.05) is 21.4 Å². The maximum Gasteiger partial charge on any atom is 0.291 e. The number of aliphatic hydroxyl groups is 1. The molecule has 1 atom stereocenters. The molecule has 2 aromatic carbocycles. The molecule has 0 spiro atoms. The number of ether oxygens (including phenoxy) is 1. The summed E-state index contributed by atoms with van der Waals surface area (Å²) in [6.07, 6.45) is 4.44. The summed E-state index contributed by atoms with van der Waals surface area (Å²) in [4.78, 5) is 41.0. The molecular weight excluding hydrogens is 708 g/mol. The molecule has 2 amide bonds. The smallest absolute Gasteiger partial charge is 0.291 e. The predicted octanol–water partition coefficient (Wildman–Crippen LogP) is 5.79. The number of nitrogens with one attached hydrogen (secondary N) is 1. The van der Waals surface area contributed by atoms with E-state index in [2.05, 4.69) is 15.2 Å². The van der Waals surface area contributed by atoms with Gasteiger partial charge in [0.05, 0.1) is 40.3 Å². The van der Waals surface area contributed by atoms with Gasteiger partial charge in [-0.3, -0.25) is 24.4 Å². The third-order valence-electron chi connectivity index (χ3n) is 10.6. The van der Waals surface area contributed by atoms with E-state index in [0.29, 0.717) is 83.9 Å². The van der Waals surface area contributed by atoms with Crippen LogP contribution in [0.15, 0.2) is 42.6 Å². The molecule has 14 heteroatoms. The number of carbonyl (C=O) groups excluding carboxylic acids is 2. The van der Waals surface area contributed by atoms with Gasteiger partial charge >= 0.3 is 0 Å². The first-order chi connectivity index (χ1) is 25.0. The van der Waals surface area contributed by atoms with Crippen LogP contribution < -0.4 is 10.1 Å². The lowest BCUT2D eigenvalue weighted by molar-refractivity contribution is -0.130. The van der Waals surface area contributed by atoms with Gasteiger partial charge in [-0.2, -0.15) is 0 Å². The molecule has 0 aliphatic carbocycles. The van der Waals surface area contributed by atoms with Crippen molar-refractivity contribution in [1.82, 2.24) is 29.2 Å². The van der Waals surface area contributed by atoms with Gasteiger partial charge in [0.1, 0.15) is 11.6 Å². The third-order valence-corrected chi connectivity index (χ3v) is 11.4. The van der Waals surface area contributed by atoms with Gasteiger partial charge in [0, 0.05) is 106 Å². The molecule has 5 heterocycles. The van der Waals surface area contributed by atoms with Crippen LogP contribution in [0, 0.1) is 5.82 Å². The summed E-state index contributed by atoms with van der Waals surface area (Å²) in [6.45, 7) is 6.13. The summed E-state index contributed by atoms with van der Waals surface area (Å²) >= 11 is 13.9. The molecule has 2 fully saturated rings. The monoisotopic (exact) mass is 749 g/mol. The Morgan fingerprint density at radius 2 is 1.83 bits per heavy atom. The SMILES string of the molecule is COc1cc(-c2nccc(-c3cccc(NC(=O)c4nc5c(n4C)CCN(C4CCN(C(C)=O)CC4)C5)c3Cl)c2Cl)cc(F)c1CN1CC[C@@H](O)C1. The molecule has 2 saturated heterocycles. The first-order valence-electron chi connectivity index (χ1n) is 17.6. The van der Waals surface area contributed by atoms with Crippen molar-refractivity contribution >= 4 is 40.7 Å². The van der Waals surface area contributed by atoms with Crippen LogP contribution in [0.1, 0.15) is 53.8 Å². The van der Waals surface area contributed by atoms with Crippen LogP contribution >= 0.6 is 23.2 Å². The number of likely N-dealkylation sites (tertiary alicyclic amines) is 2. The number of pyridine rings is 1. The number of fused-ring (bicyclic) bond motifs is 1. The van der Waals surface area contributed by atoms with E-state index in [0.717, 1.165) is 50.3 Å². The molecule has 52 heavy (non-hydrogen) atoms. The Morgan fingerprint density at radius 1 is 1.06 bits per heavy atom. The molecule has 0 unspecified atom stereocenters. The van der Waals surface area contributed by atoms with Crippen LogP contribution in [0.5, 0.6) is 5.75 Å². The number of aliphatic hydroxyl groups excluding tert-OH is 1. The first-order valence-corrected chi connectivity index (χ1v) is 18.3. The maximum absolute atomic E-state index is 15.6. The minimum atomic E-state index is -0.458. The zero-order chi connectivity index (χ0) is 36.7. The Labute approximate surface area is 312 Å². The minimum Gasteiger partial charge on any atom is -0.496 e. The van der Waals surface area contributed by atoms with Crippen molar-refractivity contribution in [2.75, 3.05) is 45.2 Å². The summed E-state index contributed by atoms with van der Waals surface area (Å²) in [7, 11) is 3.35. The first kappa shape index (κ1) is 36.3. The van der Waals surface area contributed by atoms with E-state index in [4.69, 9.17) is 32.9 Å². The molecule has 0 radical (unpaired) electrons. The van der Waals surface area contributed by atoms with Crippen LogP contribution in [-0.4, -0.2) is 98.1 Å². The number of hydrogen-bond donors (Lipinski definition) is 2. The van der Waals surface area contributed by atoms with Crippen molar-refractivity contribution < 1.29 is 23.8 Å². The quantitative estimate of drug-likeness (QED) is 0.233. The Bertz CT molecular complexity index is 2020. The number of hydrogen-bond acceptors (Lipinski definition) is 8. The van der Waals surface area contributed by atoms with Crippen LogP contribution in [0.4, 0.5) is 10.1 Å². The molecule has 274 valence electrons. The highest BCUT2D eigenvalue weighted by molar-refractivity contribution is 6.39. The average Bonchev–Trinajstić information content (AvgIpc) is 3.71. The van der Waals surface area contributed by atoms with Crippen LogP contribution in [0.2, 0.25) is 10.0 Å². The Morgan fingerprint density at radius 3 is 2.54 bits per heavy atom. The summed E-state index contributed by atoms with van der Waals surface area (Å²) in [6, 6.07) is 10.5. The zero-order valence-electron chi connectivity index (χ0n) is 29.5. The normalized spacial score (nSPS) is 18.4. The highest BCUT2D eigenvalue weighted by Gasteiger charge is 2.32. The third kappa shape index (κ3) is 7.14. The van der Waals surface area contributed by atoms with Gasteiger partial charge in [-0.15, -0.1) is 0 Å². The van der Waals surface area contributed by atoms with E-state index in [9.17, 15) is 14.7 Å². The number of rotatable bonds is 8. The van der Waals surface area contributed by atoms with Crippen molar-refractivity contribution in [3.05, 3.63) is 81.2 Å². The van der Waals surface area contributed by atoms with Crippen LogP contribution in [0.25, 0.3) is 22.4 Å². The maximum atomic E-state index is 15.6. The topological polar surface area (TPSA) is 116 Å². The largest absolute Gasteiger partial charge is 0.496 e. The van der Waals surface area contributed by atoms with Gasteiger partial charge in [-0.05, 0) is 43.5 Å². The van der Waals surface area contributed by atoms with Gasteiger partial charge in [0.2, 0.25) is 5.91 Å². The number of imidazole rings is 1. The second-order valence-electron chi connectivity index (χ2n) is 13.8. The highest BCUT2D eigenvalue weighted by atomic mass is 35.5. The number of anilines is 1. The van der Waals surface area contributed by atoms with Gasteiger partial charge in [0.15, 0.2) is 5.82 Å². The molecule has 3 aliphatic rings. The van der Waals surface area contributed by atoms with Crippen molar-refractivity contribution in [2.45, 2.75) is 57.8 Å². The van der Waals surface area contributed by atoms with Crippen molar-refractivity contribution in [3.63, 3.8) is 0 Å². The Kier molecular flexibility index (Phi) is 10.6. The summed E-state index contributed by atoms with van der Waals surface area (Å²) in [5.41, 5.74) is 4.63. The van der Waals surface area contributed by atoms with Gasteiger partial charge in [-0.25, -0.2) is 9.37 Å². The minimum absolute atomic E-state index is 0.120. The summed E-state index contributed by atoms with van der Waals surface area (Å²) in [5, 5.41) is 13.4. The molecule has 0 bridgehead atoms.